The number of benzene rings is 2. The molecule has 2 aromatic heterocycles. The molecule has 0 aliphatic rings. The van der Waals surface area contributed by atoms with Gasteiger partial charge in [-0.1, -0.05) is 29.4 Å². The number of nitro groups is 1. The normalized spacial score (nSPS) is 11.4. The summed E-state index contributed by atoms with van der Waals surface area (Å²) >= 11 is 0. The summed E-state index contributed by atoms with van der Waals surface area (Å²) < 4.78 is 38.9. The van der Waals surface area contributed by atoms with Crippen molar-refractivity contribution in [3.05, 3.63) is 88.0 Å². The van der Waals surface area contributed by atoms with E-state index in [0.717, 1.165) is 6.07 Å². The molecule has 31 heavy (non-hydrogen) atoms. The van der Waals surface area contributed by atoms with E-state index in [1.54, 1.807) is 43.3 Å². The van der Waals surface area contributed by atoms with Crippen LogP contribution in [0.5, 0.6) is 0 Å². The molecule has 0 fully saturated rings. The molecule has 0 saturated heterocycles. The molecular weight excluding hydrogens is 424 g/mol. The summed E-state index contributed by atoms with van der Waals surface area (Å²) in [5.74, 6) is 1.000. The Balaban J connectivity index is 1.62. The van der Waals surface area contributed by atoms with Crippen LogP contribution in [-0.2, 0) is 16.4 Å². The molecule has 0 amide bonds. The van der Waals surface area contributed by atoms with E-state index >= 15 is 0 Å². The standard InChI is InChI=1S/C20H16N4O6S/c1-13-8-9-15(24(25)26)12-18(13)31(27,28)23-16-6-3-2-5-14(16)11-19-21-20(22-30-19)17-7-4-10-29-17/h2-10,12,23H,11H2,1H3. The second kappa shape index (κ2) is 8.03. The third-order valence-electron chi connectivity index (χ3n) is 4.49. The molecule has 0 spiro atoms. The van der Waals surface area contributed by atoms with Gasteiger partial charge in [0.05, 0.1) is 28.2 Å². The predicted octanol–water partition coefficient (Wildman–Crippen LogP) is 3.94. The van der Waals surface area contributed by atoms with Gasteiger partial charge < -0.3 is 8.94 Å². The Morgan fingerprint density at radius 1 is 1.13 bits per heavy atom. The van der Waals surface area contributed by atoms with Gasteiger partial charge in [0.15, 0.2) is 5.76 Å². The van der Waals surface area contributed by atoms with Gasteiger partial charge in [-0.3, -0.25) is 14.8 Å². The molecular formula is C20H16N4O6S. The van der Waals surface area contributed by atoms with Crippen LogP contribution in [0.1, 0.15) is 17.0 Å². The molecule has 0 aliphatic heterocycles. The lowest BCUT2D eigenvalue weighted by Gasteiger charge is -2.13. The van der Waals surface area contributed by atoms with Gasteiger partial charge in [-0.2, -0.15) is 4.98 Å². The summed E-state index contributed by atoms with van der Waals surface area (Å²) in [6.45, 7) is 1.57. The molecule has 0 atom stereocenters. The maximum Gasteiger partial charge on any atom is 0.270 e. The van der Waals surface area contributed by atoms with E-state index in [9.17, 15) is 18.5 Å². The Bertz CT molecular complexity index is 1350. The van der Waals surface area contributed by atoms with Crippen molar-refractivity contribution < 1.29 is 22.3 Å². The zero-order valence-corrected chi connectivity index (χ0v) is 17.0. The SMILES string of the molecule is Cc1ccc([N+](=O)[O-])cc1S(=O)(=O)Nc1ccccc1Cc1nc(-c2ccco2)no1. The minimum Gasteiger partial charge on any atom is -0.461 e. The maximum atomic E-state index is 13.0. The molecule has 1 N–H and O–H groups in total. The summed E-state index contributed by atoms with van der Waals surface area (Å²) in [5, 5.41) is 14.9. The van der Waals surface area contributed by atoms with Crippen molar-refractivity contribution in [2.24, 2.45) is 0 Å². The summed E-state index contributed by atoms with van der Waals surface area (Å²) in [5.41, 5.74) is 0.959. The number of furan rings is 1. The van der Waals surface area contributed by atoms with Crippen molar-refractivity contribution in [2.75, 3.05) is 4.72 Å². The Morgan fingerprint density at radius 2 is 1.94 bits per heavy atom. The fourth-order valence-corrected chi connectivity index (χ4v) is 4.33. The monoisotopic (exact) mass is 440 g/mol. The van der Waals surface area contributed by atoms with Crippen molar-refractivity contribution in [2.45, 2.75) is 18.2 Å². The largest absolute Gasteiger partial charge is 0.461 e. The van der Waals surface area contributed by atoms with Gasteiger partial charge in [-0.05, 0) is 36.2 Å². The van der Waals surface area contributed by atoms with Gasteiger partial charge in [0.25, 0.3) is 15.7 Å². The van der Waals surface area contributed by atoms with Gasteiger partial charge in [0.1, 0.15) is 0 Å². The molecule has 0 bridgehead atoms. The van der Waals surface area contributed by atoms with Crippen molar-refractivity contribution in [1.82, 2.24) is 10.1 Å². The zero-order chi connectivity index (χ0) is 22.0. The third kappa shape index (κ3) is 4.31. The molecule has 4 rings (SSSR count). The number of hydrogen-bond acceptors (Lipinski definition) is 8. The van der Waals surface area contributed by atoms with Crippen molar-refractivity contribution in [1.29, 1.82) is 0 Å². The highest BCUT2D eigenvalue weighted by molar-refractivity contribution is 7.92. The number of aryl methyl sites for hydroxylation is 1. The highest BCUT2D eigenvalue weighted by Gasteiger charge is 2.22. The highest BCUT2D eigenvalue weighted by Crippen LogP contribution is 2.27. The minimum absolute atomic E-state index is 0.167. The molecule has 0 unspecified atom stereocenters. The number of non-ortho nitro benzene ring substituents is 1. The van der Waals surface area contributed by atoms with Gasteiger partial charge in [0.2, 0.25) is 11.7 Å². The Hall–Kier alpha value is -3.99. The van der Waals surface area contributed by atoms with Gasteiger partial charge >= 0.3 is 0 Å². The van der Waals surface area contributed by atoms with Crippen LogP contribution in [0.3, 0.4) is 0 Å². The smallest absolute Gasteiger partial charge is 0.270 e. The van der Waals surface area contributed by atoms with E-state index in [2.05, 4.69) is 14.9 Å². The number of aromatic nitrogens is 2. The van der Waals surface area contributed by atoms with Crippen LogP contribution < -0.4 is 4.72 Å². The number of anilines is 1. The van der Waals surface area contributed by atoms with Crippen LogP contribution >= 0.6 is 0 Å². The lowest BCUT2D eigenvalue weighted by Crippen LogP contribution is -2.16. The number of nitro benzene ring substituents is 1. The summed E-state index contributed by atoms with van der Waals surface area (Å²) in [6.07, 6.45) is 1.66. The molecule has 2 aromatic carbocycles. The molecule has 4 aromatic rings. The Morgan fingerprint density at radius 3 is 2.68 bits per heavy atom. The Kier molecular flexibility index (Phi) is 5.26. The van der Waals surface area contributed by atoms with Crippen molar-refractivity contribution >= 4 is 21.4 Å². The van der Waals surface area contributed by atoms with Crippen LogP contribution in [-0.4, -0.2) is 23.5 Å². The second-order valence-corrected chi connectivity index (χ2v) is 8.29. The van der Waals surface area contributed by atoms with Crippen LogP contribution in [0.2, 0.25) is 0 Å². The summed E-state index contributed by atoms with van der Waals surface area (Å²) in [4.78, 5) is 14.5. The molecule has 10 nitrogen and oxygen atoms in total. The molecule has 11 heteroatoms. The summed E-state index contributed by atoms with van der Waals surface area (Å²) in [6, 6.07) is 13.8. The van der Waals surface area contributed by atoms with E-state index in [1.165, 1.54) is 18.4 Å². The minimum atomic E-state index is -4.08. The van der Waals surface area contributed by atoms with E-state index in [4.69, 9.17) is 8.94 Å². The van der Waals surface area contributed by atoms with Gasteiger partial charge in [-0.15, -0.1) is 0 Å². The first-order valence-corrected chi connectivity index (χ1v) is 10.5. The van der Waals surface area contributed by atoms with Crippen molar-refractivity contribution in [3.63, 3.8) is 0 Å². The van der Waals surface area contributed by atoms with Gasteiger partial charge in [-0.25, -0.2) is 8.42 Å². The predicted molar refractivity (Wildman–Crippen MR) is 110 cm³/mol. The first kappa shape index (κ1) is 20.3. The van der Waals surface area contributed by atoms with Crippen LogP contribution in [0.25, 0.3) is 11.6 Å². The number of sulfonamides is 1. The highest BCUT2D eigenvalue weighted by atomic mass is 32.2. The molecule has 0 radical (unpaired) electrons. The number of nitrogens with zero attached hydrogens (tertiary/aromatic N) is 3. The number of hydrogen-bond donors (Lipinski definition) is 1. The fraction of sp³-hybridized carbons (Fsp3) is 0.100. The lowest BCUT2D eigenvalue weighted by molar-refractivity contribution is -0.385. The van der Waals surface area contributed by atoms with E-state index in [-0.39, 0.29) is 28.7 Å². The third-order valence-corrected chi connectivity index (χ3v) is 5.99. The van der Waals surface area contributed by atoms with E-state index in [0.29, 0.717) is 22.6 Å². The number of nitrogens with one attached hydrogen (secondary N) is 1. The average Bonchev–Trinajstić information content (AvgIpc) is 3.41. The maximum absolute atomic E-state index is 13.0. The first-order valence-electron chi connectivity index (χ1n) is 9.06. The topological polar surface area (TPSA) is 141 Å². The molecule has 0 saturated carbocycles. The first-order chi connectivity index (χ1) is 14.8. The molecule has 158 valence electrons. The van der Waals surface area contributed by atoms with Gasteiger partial charge in [0, 0.05) is 12.1 Å². The second-order valence-electron chi connectivity index (χ2n) is 6.64. The molecule has 2 heterocycles. The van der Waals surface area contributed by atoms with Crippen LogP contribution in [0.4, 0.5) is 11.4 Å². The van der Waals surface area contributed by atoms with E-state index in [1.807, 2.05) is 0 Å². The summed E-state index contributed by atoms with van der Waals surface area (Å²) in [7, 11) is -4.08. The molecule has 0 aliphatic carbocycles. The lowest BCUT2D eigenvalue weighted by atomic mass is 10.1. The number of rotatable bonds is 7. The Labute approximate surface area is 176 Å². The number of para-hydroxylation sites is 1. The quantitative estimate of drug-likeness (QED) is 0.336. The average molecular weight is 440 g/mol. The fourth-order valence-electron chi connectivity index (χ4n) is 2.96. The zero-order valence-electron chi connectivity index (χ0n) is 16.2. The van der Waals surface area contributed by atoms with Crippen LogP contribution in [0, 0.1) is 17.0 Å². The van der Waals surface area contributed by atoms with Crippen molar-refractivity contribution in [3.8, 4) is 11.6 Å². The van der Waals surface area contributed by atoms with E-state index < -0.39 is 14.9 Å². The van der Waals surface area contributed by atoms with Crippen LogP contribution in [0.15, 0.2) is 74.7 Å².